The fraction of sp³-hybridized carbons (Fsp3) is 0.750. The van der Waals surface area contributed by atoms with Crippen molar-refractivity contribution in [2.45, 2.75) is 116 Å². The van der Waals surface area contributed by atoms with Gasteiger partial charge in [-0.25, -0.2) is 0 Å². The van der Waals surface area contributed by atoms with Gasteiger partial charge in [0.25, 0.3) is 0 Å². The smallest absolute Gasteiger partial charge is 0.170 e. The van der Waals surface area contributed by atoms with Crippen LogP contribution in [0.5, 0.6) is 0 Å². The summed E-state index contributed by atoms with van der Waals surface area (Å²) in [7, 11) is 0. The van der Waals surface area contributed by atoms with Crippen molar-refractivity contribution < 1.29 is 19.8 Å². The minimum absolute atomic E-state index is 0.139. The number of carbonyl (C=O) groups is 2. The van der Waals surface area contributed by atoms with Crippen molar-refractivity contribution in [3.05, 3.63) is 23.5 Å². The van der Waals surface area contributed by atoms with Crippen LogP contribution in [0.25, 0.3) is 0 Å². The highest BCUT2D eigenvalue weighted by Gasteiger charge is 2.30. The van der Waals surface area contributed by atoms with E-state index in [0.717, 1.165) is 19.3 Å². The lowest BCUT2D eigenvalue weighted by Gasteiger charge is -2.18. The van der Waals surface area contributed by atoms with E-state index in [4.69, 9.17) is 0 Å². The van der Waals surface area contributed by atoms with Gasteiger partial charge in [0, 0.05) is 12.8 Å². The molecule has 1 atom stereocenters. The van der Waals surface area contributed by atoms with Crippen LogP contribution < -0.4 is 0 Å². The Morgan fingerprint density at radius 3 is 2.07 bits per heavy atom. The van der Waals surface area contributed by atoms with Crippen LogP contribution in [-0.2, 0) is 9.59 Å². The first-order valence-electron chi connectivity index (χ1n) is 11.4. The highest BCUT2D eigenvalue weighted by Crippen LogP contribution is 2.23. The molecular weight excluding hydrogens is 352 g/mol. The highest BCUT2D eigenvalue weighted by molar-refractivity contribution is 6.21. The lowest BCUT2D eigenvalue weighted by atomic mass is 9.89. The Morgan fingerprint density at radius 1 is 0.929 bits per heavy atom. The first kappa shape index (κ1) is 24.6. The highest BCUT2D eigenvalue weighted by atomic mass is 16.3. The van der Waals surface area contributed by atoms with Gasteiger partial charge < -0.3 is 10.2 Å². The number of Topliss-reactive ketones (excluding diaryl/α,β-unsaturated/α-hetero) is 2. The molecule has 0 aromatic heterocycles. The molecule has 0 bridgehead atoms. The molecule has 1 aliphatic carbocycles. The van der Waals surface area contributed by atoms with E-state index in [1.807, 2.05) is 0 Å². The zero-order chi connectivity index (χ0) is 20.6. The second-order valence-electron chi connectivity index (χ2n) is 8.00. The summed E-state index contributed by atoms with van der Waals surface area (Å²) in [6, 6.07) is 0. The molecule has 0 saturated carbocycles. The first-order valence-corrected chi connectivity index (χ1v) is 11.4. The SMILES string of the molecule is CCCCCCC=CCCCCCCCCCC(=O)C1=C(O)[C@@H](O)CCC1=O. The van der Waals surface area contributed by atoms with E-state index in [9.17, 15) is 19.8 Å². The van der Waals surface area contributed by atoms with Crippen molar-refractivity contribution in [1.82, 2.24) is 0 Å². The van der Waals surface area contributed by atoms with Crippen molar-refractivity contribution >= 4 is 11.6 Å². The Balaban J connectivity index is 1.98. The summed E-state index contributed by atoms with van der Waals surface area (Å²) in [5.74, 6) is -1.07. The summed E-state index contributed by atoms with van der Waals surface area (Å²) < 4.78 is 0. The maximum Gasteiger partial charge on any atom is 0.170 e. The molecule has 0 spiro atoms. The number of hydrogen-bond donors (Lipinski definition) is 2. The second-order valence-corrected chi connectivity index (χ2v) is 8.00. The number of aliphatic hydroxyl groups is 2. The van der Waals surface area contributed by atoms with Gasteiger partial charge in [-0.1, -0.05) is 70.4 Å². The van der Waals surface area contributed by atoms with Crippen LogP contribution in [0.4, 0.5) is 0 Å². The van der Waals surface area contributed by atoms with E-state index in [2.05, 4.69) is 19.1 Å². The molecule has 0 amide bonds. The molecule has 160 valence electrons. The summed E-state index contributed by atoms with van der Waals surface area (Å²) in [6.07, 6.45) is 19.7. The third-order valence-electron chi connectivity index (χ3n) is 5.44. The fourth-order valence-corrected chi connectivity index (χ4v) is 3.62. The van der Waals surface area contributed by atoms with Crippen LogP contribution in [-0.4, -0.2) is 27.9 Å². The fourth-order valence-electron chi connectivity index (χ4n) is 3.62. The minimum atomic E-state index is -1.06. The molecule has 0 aromatic rings. The van der Waals surface area contributed by atoms with Gasteiger partial charge in [-0.3, -0.25) is 9.59 Å². The van der Waals surface area contributed by atoms with Crippen LogP contribution in [0.3, 0.4) is 0 Å². The lowest BCUT2D eigenvalue weighted by molar-refractivity contribution is -0.123. The molecule has 0 fully saturated rings. The van der Waals surface area contributed by atoms with Gasteiger partial charge in [0.05, 0.1) is 0 Å². The van der Waals surface area contributed by atoms with Gasteiger partial charge in [0.2, 0.25) is 0 Å². The van der Waals surface area contributed by atoms with E-state index >= 15 is 0 Å². The predicted molar refractivity (Wildman–Crippen MR) is 114 cm³/mol. The van der Waals surface area contributed by atoms with Crippen LogP contribution in [0.15, 0.2) is 23.5 Å². The standard InChI is InChI=1S/C24H40O4/c1-2-3-4-5-6-7-8-9-10-11-12-13-14-15-16-17-20(25)23-21(26)18-19-22(27)24(23)28/h7-8,22,27-28H,2-6,9-19H2,1H3/t22-/m0/s1. The molecule has 0 radical (unpaired) electrons. The topological polar surface area (TPSA) is 74.6 Å². The van der Waals surface area contributed by atoms with E-state index < -0.39 is 11.9 Å². The predicted octanol–water partition coefficient (Wildman–Crippen LogP) is 6.13. The zero-order valence-electron chi connectivity index (χ0n) is 17.8. The number of unbranched alkanes of at least 4 members (excludes halogenated alkanes) is 11. The van der Waals surface area contributed by atoms with Gasteiger partial charge in [0.15, 0.2) is 11.6 Å². The quantitative estimate of drug-likeness (QED) is 0.188. The summed E-state index contributed by atoms with van der Waals surface area (Å²) >= 11 is 0. The molecule has 4 nitrogen and oxygen atoms in total. The molecule has 0 aromatic carbocycles. The third kappa shape index (κ3) is 10.2. The van der Waals surface area contributed by atoms with E-state index in [0.29, 0.717) is 0 Å². The number of hydrogen-bond acceptors (Lipinski definition) is 4. The van der Waals surface area contributed by atoms with Gasteiger partial charge in [-0.05, 0) is 38.5 Å². The van der Waals surface area contributed by atoms with E-state index in [1.54, 1.807) is 0 Å². The summed E-state index contributed by atoms with van der Waals surface area (Å²) in [5.41, 5.74) is -0.155. The number of allylic oxidation sites excluding steroid dienone is 3. The Kier molecular flexibility index (Phi) is 13.6. The molecule has 1 aliphatic rings. The normalized spacial score (nSPS) is 17.6. The van der Waals surface area contributed by atoms with Crippen molar-refractivity contribution in [3.8, 4) is 0 Å². The lowest BCUT2D eigenvalue weighted by Crippen LogP contribution is -2.27. The summed E-state index contributed by atoms with van der Waals surface area (Å²) in [4.78, 5) is 23.9. The molecule has 0 aliphatic heterocycles. The Hall–Kier alpha value is -1.42. The summed E-state index contributed by atoms with van der Waals surface area (Å²) in [6.45, 7) is 2.24. The van der Waals surface area contributed by atoms with E-state index in [-0.39, 0.29) is 36.4 Å². The number of carbonyl (C=O) groups excluding carboxylic acids is 2. The second kappa shape index (κ2) is 15.5. The molecule has 28 heavy (non-hydrogen) atoms. The Labute approximate surface area is 171 Å². The largest absolute Gasteiger partial charge is 0.509 e. The maximum atomic E-state index is 12.1. The van der Waals surface area contributed by atoms with Gasteiger partial charge in [0.1, 0.15) is 17.4 Å². The average Bonchev–Trinajstić information content (AvgIpc) is 2.68. The Morgan fingerprint density at radius 2 is 1.46 bits per heavy atom. The zero-order valence-corrected chi connectivity index (χ0v) is 17.8. The van der Waals surface area contributed by atoms with Crippen molar-refractivity contribution in [1.29, 1.82) is 0 Å². The third-order valence-corrected chi connectivity index (χ3v) is 5.44. The van der Waals surface area contributed by atoms with Crippen molar-refractivity contribution in [2.75, 3.05) is 0 Å². The number of rotatable bonds is 16. The molecule has 2 N–H and O–H groups in total. The molecule has 0 saturated heterocycles. The Bertz CT molecular complexity index is 519. The van der Waals surface area contributed by atoms with E-state index in [1.165, 1.54) is 64.2 Å². The minimum Gasteiger partial charge on any atom is -0.509 e. The summed E-state index contributed by atoms with van der Waals surface area (Å²) in [5, 5.41) is 19.4. The van der Waals surface area contributed by atoms with Crippen molar-refractivity contribution in [3.63, 3.8) is 0 Å². The number of ketones is 2. The molecular formula is C24H40O4. The van der Waals surface area contributed by atoms with Crippen molar-refractivity contribution in [2.24, 2.45) is 0 Å². The molecule has 0 heterocycles. The van der Waals surface area contributed by atoms with Gasteiger partial charge >= 0.3 is 0 Å². The average molecular weight is 393 g/mol. The van der Waals surface area contributed by atoms with Crippen LogP contribution in [0, 0.1) is 0 Å². The van der Waals surface area contributed by atoms with Crippen LogP contribution >= 0.6 is 0 Å². The first-order chi connectivity index (χ1) is 13.6. The monoisotopic (exact) mass is 392 g/mol. The van der Waals surface area contributed by atoms with Crippen LogP contribution in [0.1, 0.15) is 110 Å². The maximum absolute atomic E-state index is 12.1. The van der Waals surface area contributed by atoms with Crippen LogP contribution in [0.2, 0.25) is 0 Å². The van der Waals surface area contributed by atoms with Gasteiger partial charge in [-0.2, -0.15) is 0 Å². The molecule has 1 rings (SSSR count). The molecule has 4 heteroatoms. The number of aliphatic hydroxyl groups excluding tert-OH is 2. The molecule has 0 unspecified atom stereocenters. The van der Waals surface area contributed by atoms with Gasteiger partial charge in [-0.15, -0.1) is 0 Å².